The molecule has 0 unspecified atom stereocenters. The number of benzene rings is 1. The highest BCUT2D eigenvalue weighted by atomic mass is 79.9. The molecule has 0 aliphatic rings. The Bertz CT molecular complexity index is 678. The molecule has 2 N–H and O–H groups in total. The van der Waals surface area contributed by atoms with Gasteiger partial charge in [-0.05, 0) is 18.6 Å². The van der Waals surface area contributed by atoms with Crippen LogP contribution in [0.15, 0.2) is 35.3 Å². The number of imidazole rings is 1. The second-order valence-corrected chi connectivity index (χ2v) is 7.14. The molecule has 0 radical (unpaired) electrons. The van der Waals surface area contributed by atoms with Crippen LogP contribution in [0.2, 0.25) is 0 Å². The molecule has 1 heterocycles. The monoisotopic (exact) mass is 347 g/mol. The maximum Gasteiger partial charge on any atom is 0.132 e. The molecule has 0 aliphatic heterocycles. The number of nitrogens with two attached hydrogens (primary N) is 1. The zero-order valence-corrected chi connectivity index (χ0v) is 14.7. The van der Waals surface area contributed by atoms with Crippen LogP contribution in [-0.2, 0) is 12.0 Å². The minimum atomic E-state index is -0.0721. The van der Waals surface area contributed by atoms with Crippen LogP contribution in [0.3, 0.4) is 0 Å². The molecule has 21 heavy (non-hydrogen) atoms. The van der Waals surface area contributed by atoms with Crippen LogP contribution in [0, 0.1) is 6.92 Å². The van der Waals surface area contributed by atoms with Crippen LogP contribution in [0.25, 0.3) is 11.3 Å². The quantitative estimate of drug-likeness (QED) is 0.818. The normalized spacial score (nSPS) is 11.7. The average molecular weight is 348 g/mol. The van der Waals surface area contributed by atoms with Gasteiger partial charge in [-0.2, -0.15) is 0 Å². The van der Waals surface area contributed by atoms with Crippen LogP contribution in [0.4, 0.5) is 5.82 Å². The van der Waals surface area contributed by atoms with Gasteiger partial charge in [0.05, 0.1) is 0 Å². The Morgan fingerprint density at radius 1 is 1.38 bits per heavy atom. The first-order valence-corrected chi connectivity index (χ1v) is 7.79. The molecule has 4 heteroatoms. The van der Waals surface area contributed by atoms with Gasteiger partial charge in [0.2, 0.25) is 0 Å². The van der Waals surface area contributed by atoms with Crippen molar-refractivity contribution >= 4 is 21.7 Å². The fourth-order valence-electron chi connectivity index (χ4n) is 2.30. The second-order valence-electron chi connectivity index (χ2n) is 6.28. The maximum atomic E-state index is 6.34. The Morgan fingerprint density at radius 3 is 2.57 bits per heavy atom. The summed E-state index contributed by atoms with van der Waals surface area (Å²) in [6.07, 6.45) is 1.85. The highest BCUT2D eigenvalue weighted by Crippen LogP contribution is 2.33. The third-order valence-electron chi connectivity index (χ3n) is 3.43. The highest BCUT2D eigenvalue weighted by Gasteiger charge is 2.25. The smallest absolute Gasteiger partial charge is 0.132 e. The van der Waals surface area contributed by atoms with Gasteiger partial charge in [0.25, 0.3) is 0 Å². The van der Waals surface area contributed by atoms with Crippen molar-refractivity contribution in [2.75, 3.05) is 5.73 Å². The summed E-state index contributed by atoms with van der Waals surface area (Å²) in [5, 5.41) is 0. The summed E-state index contributed by atoms with van der Waals surface area (Å²) in [4.78, 5) is 4.81. The number of aromatic nitrogens is 2. The zero-order valence-electron chi connectivity index (χ0n) is 13.1. The molecule has 1 aromatic carbocycles. The van der Waals surface area contributed by atoms with Crippen molar-refractivity contribution < 1.29 is 0 Å². The molecule has 0 amide bonds. The number of halogens is 1. The van der Waals surface area contributed by atoms with Crippen molar-refractivity contribution in [1.29, 1.82) is 0 Å². The third kappa shape index (κ3) is 3.05. The first-order chi connectivity index (χ1) is 9.75. The van der Waals surface area contributed by atoms with Gasteiger partial charge in [0, 0.05) is 22.0 Å². The Kier molecular flexibility index (Phi) is 4.28. The maximum absolute atomic E-state index is 6.34. The Morgan fingerprint density at radius 2 is 2.05 bits per heavy atom. The number of nitrogen functional groups attached to an aromatic ring is 1. The van der Waals surface area contributed by atoms with Crippen molar-refractivity contribution in [3.63, 3.8) is 0 Å². The number of nitrogens with zero attached hydrogens (tertiary/aromatic N) is 2. The van der Waals surface area contributed by atoms with E-state index in [-0.39, 0.29) is 5.41 Å². The van der Waals surface area contributed by atoms with Gasteiger partial charge < -0.3 is 10.3 Å². The summed E-state index contributed by atoms with van der Waals surface area (Å²) >= 11 is 3.57. The van der Waals surface area contributed by atoms with E-state index in [0.29, 0.717) is 12.4 Å². The molecule has 0 saturated carbocycles. The minimum absolute atomic E-state index is 0.0721. The van der Waals surface area contributed by atoms with Crippen molar-refractivity contribution in [3.8, 4) is 11.3 Å². The van der Waals surface area contributed by atoms with Gasteiger partial charge in [-0.3, -0.25) is 0 Å². The number of hydrogen-bond acceptors (Lipinski definition) is 2. The number of anilines is 1. The van der Waals surface area contributed by atoms with Gasteiger partial charge in [-0.15, -0.1) is 6.58 Å². The van der Waals surface area contributed by atoms with E-state index in [4.69, 9.17) is 10.7 Å². The predicted molar refractivity (Wildman–Crippen MR) is 93.4 cm³/mol. The van der Waals surface area contributed by atoms with Crippen molar-refractivity contribution in [1.82, 2.24) is 9.55 Å². The molecule has 2 aromatic rings. The van der Waals surface area contributed by atoms with Gasteiger partial charge in [0.1, 0.15) is 17.3 Å². The summed E-state index contributed by atoms with van der Waals surface area (Å²) in [6, 6.07) is 6.20. The molecule has 0 aliphatic carbocycles. The number of hydrogen-bond donors (Lipinski definition) is 1. The van der Waals surface area contributed by atoms with Crippen LogP contribution < -0.4 is 5.73 Å². The predicted octanol–water partition coefficient (Wildman–Crippen LogP) is 4.69. The van der Waals surface area contributed by atoms with Crippen LogP contribution in [-0.4, -0.2) is 9.55 Å². The molecule has 3 nitrogen and oxygen atoms in total. The van der Waals surface area contributed by atoms with Crippen molar-refractivity contribution in [2.45, 2.75) is 39.7 Å². The first-order valence-electron chi connectivity index (χ1n) is 6.99. The van der Waals surface area contributed by atoms with E-state index in [9.17, 15) is 0 Å². The van der Waals surface area contributed by atoms with Crippen molar-refractivity contribution in [2.24, 2.45) is 0 Å². The lowest BCUT2D eigenvalue weighted by molar-refractivity contribution is 0.515. The van der Waals surface area contributed by atoms with Gasteiger partial charge in [-0.25, -0.2) is 4.98 Å². The summed E-state index contributed by atoms with van der Waals surface area (Å²) in [7, 11) is 0. The van der Waals surface area contributed by atoms with Gasteiger partial charge >= 0.3 is 0 Å². The van der Waals surface area contributed by atoms with Crippen molar-refractivity contribution in [3.05, 3.63) is 46.7 Å². The zero-order chi connectivity index (χ0) is 15.8. The van der Waals surface area contributed by atoms with Crippen LogP contribution in [0.5, 0.6) is 0 Å². The number of allylic oxidation sites excluding steroid dienone is 1. The molecule has 112 valence electrons. The molecule has 1 aromatic heterocycles. The van der Waals surface area contributed by atoms with E-state index < -0.39 is 0 Å². The second kappa shape index (κ2) is 5.68. The van der Waals surface area contributed by atoms with Gasteiger partial charge in [0.15, 0.2) is 0 Å². The summed E-state index contributed by atoms with van der Waals surface area (Å²) in [6.45, 7) is 13.0. The topological polar surface area (TPSA) is 43.8 Å². The molecule has 0 spiro atoms. The molecule has 2 rings (SSSR count). The molecular formula is C17H22BrN3. The number of rotatable bonds is 3. The van der Waals surface area contributed by atoms with Crippen LogP contribution >= 0.6 is 15.9 Å². The summed E-state index contributed by atoms with van der Waals surface area (Å²) < 4.78 is 3.10. The number of aryl methyl sites for hydroxylation is 1. The first kappa shape index (κ1) is 15.8. The standard InChI is InChI=1S/C17H22BrN3/c1-6-9-21-15(19)14(20-16(21)17(3,4)5)12-8-7-11(2)13(18)10-12/h6-8,10H,1,9,19H2,2-5H3. The van der Waals surface area contributed by atoms with E-state index in [1.165, 1.54) is 5.56 Å². The lowest BCUT2D eigenvalue weighted by Crippen LogP contribution is -2.19. The van der Waals surface area contributed by atoms with E-state index in [2.05, 4.69) is 68.4 Å². The fourth-order valence-corrected chi connectivity index (χ4v) is 2.68. The third-order valence-corrected chi connectivity index (χ3v) is 4.29. The lowest BCUT2D eigenvalue weighted by Gasteiger charge is -2.19. The van der Waals surface area contributed by atoms with Gasteiger partial charge in [-0.1, -0.05) is 54.9 Å². The Hall–Kier alpha value is -1.55. The molecule has 0 fully saturated rings. The van der Waals surface area contributed by atoms with E-state index in [0.717, 1.165) is 21.6 Å². The summed E-state index contributed by atoms with van der Waals surface area (Å²) in [5.74, 6) is 1.67. The average Bonchev–Trinajstić information content (AvgIpc) is 2.71. The van der Waals surface area contributed by atoms with E-state index in [1.54, 1.807) is 0 Å². The SMILES string of the molecule is C=CCn1c(C(C)(C)C)nc(-c2ccc(C)c(Br)c2)c1N. The fraction of sp³-hybridized carbons (Fsp3) is 0.353. The minimum Gasteiger partial charge on any atom is -0.383 e. The van der Waals surface area contributed by atoms with E-state index in [1.807, 2.05) is 10.6 Å². The largest absolute Gasteiger partial charge is 0.383 e. The highest BCUT2D eigenvalue weighted by molar-refractivity contribution is 9.10. The molecule has 0 bridgehead atoms. The Balaban J connectivity index is 2.64. The van der Waals surface area contributed by atoms with Crippen LogP contribution in [0.1, 0.15) is 32.2 Å². The molecular weight excluding hydrogens is 326 g/mol. The van der Waals surface area contributed by atoms with E-state index >= 15 is 0 Å². The molecule has 0 saturated heterocycles. The Labute approximate surface area is 135 Å². The summed E-state index contributed by atoms with van der Waals surface area (Å²) in [5.41, 5.74) is 9.33. The lowest BCUT2D eigenvalue weighted by atomic mass is 9.95. The molecule has 0 atom stereocenters.